The number of carbonyl (C=O) groups is 1. The maximum absolute atomic E-state index is 12.1. The molecular weight excluding hydrogens is 244 g/mol. The van der Waals surface area contributed by atoms with E-state index in [1.807, 2.05) is 12.1 Å². The molecule has 1 aliphatic rings. The predicted molar refractivity (Wildman–Crippen MR) is 72.7 cm³/mol. The Morgan fingerprint density at radius 1 is 1.22 bits per heavy atom. The summed E-state index contributed by atoms with van der Waals surface area (Å²) in [5, 5.41) is 2.89. The number of fused-ring (bicyclic) bond motifs is 1. The van der Waals surface area contributed by atoms with Gasteiger partial charge in [0, 0.05) is 23.0 Å². The van der Waals surface area contributed by atoms with E-state index in [-0.39, 0.29) is 11.2 Å². The Morgan fingerprint density at radius 3 is 2.78 bits per heavy atom. The molecule has 0 radical (unpaired) electrons. The maximum atomic E-state index is 12.1. The molecule has 0 saturated heterocycles. The zero-order valence-electron chi connectivity index (χ0n) is 9.67. The molecule has 0 spiro atoms. The van der Waals surface area contributed by atoms with Crippen molar-refractivity contribution in [3.63, 3.8) is 0 Å². The molecule has 2 heterocycles. The van der Waals surface area contributed by atoms with E-state index >= 15 is 0 Å². The maximum Gasteiger partial charge on any atom is 0.238 e. The van der Waals surface area contributed by atoms with Gasteiger partial charge in [-0.1, -0.05) is 18.2 Å². The highest BCUT2D eigenvalue weighted by atomic mass is 32.2. The van der Waals surface area contributed by atoms with Gasteiger partial charge < -0.3 is 5.32 Å². The number of carbonyl (C=O) groups excluding carboxylic acids is 1. The first kappa shape index (κ1) is 11.3. The van der Waals surface area contributed by atoms with Crippen LogP contribution in [0.15, 0.2) is 53.7 Å². The number of nitrogens with zero attached hydrogens (tertiary/aromatic N) is 1. The third-order valence-corrected chi connectivity index (χ3v) is 4.20. The molecule has 1 unspecified atom stereocenters. The van der Waals surface area contributed by atoms with Crippen molar-refractivity contribution in [2.24, 2.45) is 0 Å². The van der Waals surface area contributed by atoms with Crippen molar-refractivity contribution in [3.05, 3.63) is 54.4 Å². The number of rotatable bonds is 2. The summed E-state index contributed by atoms with van der Waals surface area (Å²) in [5.41, 5.74) is 2.06. The number of amides is 1. The molecule has 1 aromatic heterocycles. The quantitative estimate of drug-likeness (QED) is 0.898. The first-order valence-electron chi connectivity index (χ1n) is 5.78. The van der Waals surface area contributed by atoms with Crippen LogP contribution in [-0.2, 0) is 11.2 Å². The van der Waals surface area contributed by atoms with Gasteiger partial charge in [-0.3, -0.25) is 9.78 Å². The topological polar surface area (TPSA) is 42.0 Å². The minimum atomic E-state index is -0.0319. The Kier molecular flexibility index (Phi) is 3.02. The van der Waals surface area contributed by atoms with E-state index < -0.39 is 0 Å². The van der Waals surface area contributed by atoms with Gasteiger partial charge in [0.05, 0.1) is 5.25 Å². The molecule has 1 aromatic carbocycles. The first-order valence-corrected chi connectivity index (χ1v) is 6.66. The van der Waals surface area contributed by atoms with Crippen LogP contribution in [0.4, 0.5) is 5.69 Å². The lowest BCUT2D eigenvalue weighted by molar-refractivity contribution is -0.115. The fourth-order valence-electron chi connectivity index (χ4n) is 1.99. The van der Waals surface area contributed by atoms with Crippen LogP contribution in [0, 0.1) is 0 Å². The minimum absolute atomic E-state index is 0.0319. The van der Waals surface area contributed by atoms with Gasteiger partial charge >= 0.3 is 0 Å². The van der Waals surface area contributed by atoms with Crippen LogP contribution in [0.3, 0.4) is 0 Å². The second-order valence-electron chi connectivity index (χ2n) is 4.14. The fourth-order valence-corrected chi connectivity index (χ4v) is 3.18. The smallest absolute Gasteiger partial charge is 0.238 e. The second-order valence-corrected chi connectivity index (χ2v) is 5.39. The van der Waals surface area contributed by atoms with Crippen LogP contribution in [0.1, 0.15) is 5.56 Å². The molecule has 0 fully saturated rings. The van der Waals surface area contributed by atoms with E-state index in [0.29, 0.717) is 0 Å². The number of thioether (sulfide) groups is 1. The molecule has 18 heavy (non-hydrogen) atoms. The number of hydrogen-bond acceptors (Lipinski definition) is 3. The highest BCUT2D eigenvalue weighted by molar-refractivity contribution is 8.01. The number of aromatic nitrogens is 1. The fraction of sp³-hybridized carbons (Fsp3) is 0.143. The lowest BCUT2D eigenvalue weighted by Gasteiger charge is -2.09. The van der Waals surface area contributed by atoms with Crippen molar-refractivity contribution in [1.29, 1.82) is 0 Å². The highest BCUT2D eigenvalue weighted by Crippen LogP contribution is 2.37. The monoisotopic (exact) mass is 256 g/mol. The van der Waals surface area contributed by atoms with Crippen molar-refractivity contribution in [1.82, 2.24) is 4.98 Å². The zero-order chi connectivity index (χ0) is 12.4. The molecule has 90 valence electrons. The molecule has 1 aliphatic heterocycles. The predicted octanol–water partition coefficient (Wildman–Crippen LogP) is 2.74. The van der Waals surface area contributed by atoms with Gasteiger partial charge in [0.15, 0.2) is 0 Å². The lowest BCUT2D eigenvalue weighted by Crippen LogP contribution is -2.24. The van der Waals surface area contributed by atoms with Crippen LogP contribution in [0.5, 0.6) is 0 Å². The molecule has 4 heteroatoms. The number of pyridine rings is 1. The van der Waals surface area contributed by atoms with E-state index in [4.69, 9.17) is 0 Å². The van der Waals surface area contributed by atoms with Gasteiger partial charge in [-0.15, -0.1) is 11.8 Å². The third kappa shape index (κ3) is 2.24. The Morgan fingerprint density at radius 2 is 2.00 bits per heavy atom. The Bertz CT molecular complexity index is 546. The van der Waals surface area contributed by atoms with Crippen molar-refractivity contribution in [2.75, 3.05) is 5.32 Å². The molecule has 1 amide bonds. The van der Waals surface area contributed by atoms with Gasteiger partial charge in [0.1, 0.15) is 0 Å². The normalized spacial score (nSPS) is 17.2. The van der Waals surface area contributed by atoms with E-state index in [1.165, 1.54) is 10.5 Å². The van der Waals surface area contributed by atoms with Crippen LogP contribution in [-0.4, -0.2) is 16.1 Å². The lowest BCUT2D eigenvalue weighted by atomic mass is 10.1. The summed E-state index contributed by atoms with van der Waals surface area (Å²) in [6.07, 6.45) is 4.15. The standard InChI is InChI=1S/C14H12N2OS/c17-14(16-11-5-7-15-8-6-11)13-9-10-3-1-2-4-12(10)18-13/h1-8,13H,9H2,(H,15,16,17). The van der Waals surface area contributed by atoms with Crippen molar-refractivity contribution >= 4 is 23.4 Å². The molecule has 3 nitrogen and oxygen atoms in total. The van der Waals surface area contributed by atoms with Gasteiger partial charge in [0.25, 0.3) is 0 Å². The molecule has 1 atom stereocenters. The van der Waals surface area contributed by atoms with Gasteiger partial charge in [-0.2, -0.15) is 0 Å². The van der Waals surface area contributed by atoms with E-state index in [0.717, 1.165) is 12.1 Å². The van der Waals surface area contributed by atoms with Gasteiger partial charge in [-0.25, -0.2) is 0 Å². The minimum Gasteiger partial charge on any atom is -0.325 e. The SMILES string of the molecule is O=C(Nc1ccncc1)C1Cc2ccccc2S1. The van der Waals surface area contributed by atoms with Crippen LogP contribution in [0.2, 0.25) is 0 Å². The van der Waals surface area contributed by atoms with Gasteiger partial charge in [-0.05, 0) is 30.2 Å². The summed E-state index contributed by atoms with van der Waals surface area (Å²) in [5.74, 6) is 0.0578. The summed E-state index contributed by atoms with van der Waals surface area (Å²) in [6, 6.07) is 11.8. The Labute approximate surface area is 110 Å². The highest BCUT2D eigenvalue weighted by Gasteiger charge is 2.27. The number of nitrogens with one attached hydrogen (secondary N) is 1. The molecule has 0 saturated carbocycles. The van der Waals surface area contributed by atoms with Crippen LogP contribution in [0.25, 0.3) is 0 Å². The van der Waals surface area contributed by atoms with Crippen LogP contribution >= 0.6 is 11.8 Å². The summed E-state index contributed by atoms with van der Waals surface area (Å²) in [4.78, 5) is 17.3. The summed E-state index contributed by atoms with van der Waals surface area (Å²) in [6.45, 7) is 0. The van der Waals surface area contributed by atoms with Gasteiger partial charge in [0.2, 0.25) is 5.91 Å². The Balaban J connectivity index is 1.70. The summed E-state index contributed by atoms with van der Waals surface area (Å²) >= 11 is 1.64. The average Bonchev–Trinajstić information content (AvgIpc) is 2.84. The van der Waals surface area contributed by atoms with Crippen molar-refractivity contribution in [2.45, 2.75) is 16.6 Å². The zero-order valence-corrected chi connectivity index (χ0v) is 10.5. The molecule has 0 aliphatic carbocycles. The van der Waals surface area contributed by atoms with Crippen molar-refractivity contribution in [3.8, 4) is 0 Å². The second kappa shape index (κ2) is 4.82. The Hall–Kier alpha value is -1.81. The number of anilines is 1. The van der Waals surface area contributed by atoms with E-state index in [9.17, 15) is 4.79 Å². The first-order chi connectivity index (χ1) is 8.83. The number of hydrogen-bond donors (Lipinski definition) is 1. The molecule has 3 rings (SSSR count). The van der Waals surface area contributed by atoms with Crippen LogP contribution < -0.4 is 5.32 Å². The molecule has 2 aromatic rings. The molecule has 1 N–H and O–H groups in total. The third-order valence-electron chi connectivity index (χ3n) is 2.89. The van der Waals surface area contributed by atoms with E-state index in [1.54, 1.807) is 36.3 Å². The largest absolute Gasteiger partial charge is 0.325 e. The van der Waals surface area contributed by atoms with E-state index in [2.05, 4.69) is 22.4 Å². The molecule has 0 bridgehead atoms. The number of benzene rings is 1. The summed E-state index contributed by atoms with van der Waals surface area (Å²) < 4.78 is 0. The summed E-state index contributed by atoms with van der Waals surface area (Å²) in [7, 11) is 0. The van der Waals surface area contributed by atoms with Crippen molar-refractivity contribution < 1.29 is 4.79 Å². The average molecular weight is 256 g/mol. The molecular formula is C14H12N2OS.